The van der Waals surface area contributed by atoms with Crippen LogP contribution in [0.5, 0.6) is 0 Å². The van der Waals surface area contributed by atoms with E-state index in [-0.39, 0.29) is 6.29 Å². The molecular weight excluding hydrogens is 166 g/mol. The van der Waals surface area contributed by atoms with Gasteiger partial charge in [0.1, 0.15) is 0 Å². The highest BCUT2D eigenvalue weighted by atomic mass is 16.7. The minimum absolute atomic E-state index is 0.111. The topological polar surface area (TPSA) is 30.5 Å². The lowest BCUT2D eigenvalue weighted by atomic mass is 10.4. The van der Waals surface area contributed by atoms with Crippen LogP contribution in [-0.2, 0) is 9.47 Å². The van der Waals surface area contributed by atoms with Crippen molar-refractivity contribution >= 4 is 0 Å². The third kappa shape index (κ3) is 7.96. The summed E-state index contributed by atoms with van der Waals surface area (Å²) in [7, 11) is 0. The van der Waals surface area contributed by atoms with Crippen molar-refractivity contribution in [3.63, 3.8) is 0 Å². The second-order valence-electron chi connectivity index (χ2n) is 2.62. The Morgan fingerprint density at radius 3 is 2.38 bits per heavy atom. The van der Waals surface area contributed by atoms with Gasteiger partial charge in [0.25, 0.3) is 0 Å². The first-order chi connectivity index (χ1) is 6.35. The second kappa shape index (κ2) is 9.71. The predicted octanol–water partition coefficient (Wildman–Crippen LogP) is 1.55. The molecule has 0 saturated heterocycles. The lowest BCUT2D eigenvalue weighted by molar-refractivity contribution is -0.132. The molecule has 0 aromatic heterocycles. The predicted molar refractivity (Wildman–Crippen MR) is 54.7 cm³/mol. The summed E-state index contributed by atoms with van der Waals surface area (Å²) in [5, 5.41) is 3.23. The van der Waals surface area contributed by atoms with E-state index in [9.17, 15) is 0 Å². The zero-order valence-corrected chi connectivity index (χ0v) is 8.71. The molecule has 0 spiro atoms. The van der Waals surface area contributed by atoms with Crippen molar-refractivity contribution in [1.29, 1.82) is 0 Å². The summed E-state index contributed by atoms with van der Waals surface area (Å²) in [4.78, 5) is 0. The summed E-state index contributed by atoms with van der Waals surface area (Å²) < 4.78 is 10.7. The van der Waals surface area contributed by atoms with E-state index in [4.69, 9.17) is 9.47 Å². The standard InChI is InChI=1S/C10H21NO2/c1-4-7-8-11-9-10(12-5-2)13-6-3/h4,10-11H,1,5-9H2,2-3H3. The summed E-state index contributed by atoms with van der Waals surface area (Å²) in [6, 6.07) is 0. The normalized spacial score (nSPS) is 10.7. The number of nitrogens with one attached hydrogen (secondary N) is 1. The Morgan fingerprint density at radius 1 is 1.31 bits per heavy atom. The average Bonchev–Trinajstić information content (AvgIpc) is 2.13. The van der Waals surface area contributed by atoms with Crippen LogP contribution in [0.2, 0.25) is 0 Å². The molecule has 0 aliphatic heterocycles. The molecule has 0 heterocycles. The Hall–Kier alpha value is -0.380. The van der Waals surface area contributed by atoms with E-state index in [0.29, 0.717) is 13.2 Å². The van der Waals surface area contributed by atoms with E-state index in [1.54, 1.807) is 0 Å². The number of rotatable bonds is 9. The molecule has 0 amide bonds. The molecule has 3 heteroatoms. The van der Waals surface area contributed by atoms with E-state index in [0.717, 1.165) is 19.5 Å². The van der Waals surface area contributed by atoms with Gasteiger partial charge in [0.15, 0.2) is 6.29 Å². The summed E-state index contributed by atoms with van der Waals surface area (Å²) in [6.07, 6.45) is 2.76. The minimum Gasteiger partial charge on any atom is -0.352 e. The molecule has 0 aromatic carbocycles. The molecule has 0 fully saturated rings. The van der Waals surface area contributed by atoms with Crippen molar-refractivity contribution in [3.8, 4) is 0 Å². The molecule has 13 heavy (non-hydrogen) atoms. The van der Waals surface area contributed by atoms with E-state index in [2.05, 4.69) is 11.9 Å². The average molecular weight is 187 g/mol. The number of ether oxygens (including phenoxy) is 2. The molecule has 78 valence electrons. The quantitative estimate of drug-likeness (QED) is 0.337. The maximum atomic E-state index is 5.35. The fraction of sp³-hybridized carbons (Fsp3) is 0.800. The highest BCUT2D eigenvalue weighted by Gasteiger charge is 2.05. The summed E-state index contributed by atoms with van der Waals surface area (Å²) >= 11 is 0. The fourth-order valence-electron chi connectivity index (χ4n) is 0.962. The second-order valence-corrected chi connectivity index (χ2v) is 2.62. The van der Waals surface area contributed by atoms with Gasteiger partial charge in [-0.05, 0) is 26.8 Å². The van der Waals surface area contributed by atoms with Gasteiger partial charge in [-0.1, -0.05) is 6.08 Å². The summed E-state index contributed by atoms with van der Waals surface area (Å²) in [5.41, 5.74) is 0. The van der Waals surface area contributed by atoms with Gasteiger partial charge >= 0.3 is 0 Å². The van der Waals surface area contributed by atoms with Crippen molar-refractivity contribution in [2.75, 3.05) is 26.3 Å². The van der Waals surface area contributed by atoms with Crippen LogP contribution in [0.4, 0.5) is 0 Å². The van der Waals surface area contributed by atoms with Gasteiger partial charge in [-0.3, -0.25) is 0 Å². The molecular formula is C10H21NO2. The molecule has 0 aromatic rings. The molecule has 0 radical (unpaired) electrons. The van der Waals surface area contributed by atoms with Crippen LogP contribution in [0.25, 0.3) is 0 Å². The van der Waals surface area contributed by atoms with Crippen LogP contribution in [0.1, 0.15) is 20.3 Å². The Kier molecular flexibility index (Phi) is 9.42. The Bertz CT molecular complexity index is 111. The smallest absolute Gasteiger partial charge is 0.169 e. The molecule has 0 unspecified atom stereocenters. The van der Waals surface area contributed by atoms with E-state index < -0.39 is 0 Å². The molecule has 0 aliphatic rings. The SMILES string of the molecule is C=CCCNCC(OCC)OCC. The largest absolute Gasteiger partial charge is 0.352 e. The fourth-order valence-corrected chi connectivity index (χ4v) is 0.962. The first kappa shape index (κ1) is 12.6. The van der Waals surface area contributed by atoms with Crippen LogP contribution in [0, 0.1) is 0 Å². The van der Waals surface area contributed by atoms with Gasteiger partial charge in [0.05, 0.1) is 0 Å². The maximum absolute atomic E-state index is 5.35. The van der Waals surface area contributed by atoms with Crippen molar-refractivity contribution in [1.82, 2.24) is 5.32 Å². The molecule has 0 saturated carbocycles. The first-order valence-electron chi connectivity index (χ1n) is 4.89. The van der Waals surface area contributed by atoms with Crippen molar-refractivity contribution in [2.45, 2.75) is 26.6 Å². The first-order valence-corrected chi connectivity index (χ1v) is 4.89. The maximum Gasteiger partial charge on any atom is 0.169 e. The van der Waals surface area contributed by atoms with Crippen LogP contribution >= 0.6 is 0 Å². The van der Waals surface area contributed by atoms with Crippen molar-refractivity contribution in [2.24, 2.45) is 0 Å². The lowest BCUT2D eigenvalue weighted by Gasteiger charge is -2.16. The highest BCUT2D eigenvalue weighted by Crippen LogP contribution is 1.93. The number of hydrogen-bond acceptors (Lipinski definition) is 3. The van der Waals surface area contributed by atoms with Crippen molar-refractivity contribution < 1.29 is 9.47 Å². The summed E-state index contributed by atoms with van der Waals surface area (Å²) in [6.45, 7) is 10.6. The third-order valence-electron chi connectivity index (χ3n) is 1.54. The Morgan fingerprint density at radius 2 is 1.92 bits per heavy atom. The Balaban J connectivity index is 3.37. The van der Waals surface area contributed by atoms with Gasteiger partial charge in [-0.15, -0.1) is 6.58 Å². The van der Waals surface area contributed by atoms with Crippen molar-refractivity contribution in [3.05, 3.63) is 12.7 Å². The lowest BCUT2D eigenvalue weighted by Crippen LogP contribution is -2.32. The third-order valence-corrected chi connectivity index (χ3v) is 1.54. The monoisotopic (exact) mass is 187 g/mol. The van der Waals surface area contributed by atoms with Gasteiger partial charge in [0.2, 0.25) is 0 Å². The van der Waals surface area contributed by atoms with Gasteiger partial charge in [-0.25, -0.2) is 0 Å². The molecule has 1 N–H and O–H groups in total. The highest BCUT2D eigenvalue weighted by molar-refractivity contribution is 4.67. The molecule has 3 nitrogen and oxygen atoms in total. The molecule has 0 atom stereocenters. The van der Waals surface area contributed by atoms with E-state index in [1.165, 1.54) is 0 Å². The minimum atomic E-state index is -0.111. The zero-order chi connectivity index (χ0) is 9.94. The van der Waals surface area contributed by atoms with E-state index >= 15 is 0 Å². The van der Waals surface area contributed by atoms with Gasteiger partial charge < -0.3 is 14.8 Å². The van der Waals surface area contributed by atoms with Crippen LogP contribution in [0.3, 0.4) is 0 Å². The van der Waals surface area contributed by atoms with Gasteiger partial charge in [0, 0.05) is 19.8 Å². The van der Waals surface area contributed by atoms with Crippen LogP contribution in [-0.4, -0.2) is 32.6 Å². The molecule has 0 bridgehead atoms. The van der Waals surface area contributed by atoms with Crippen LogP contribution < -0.4 is 5.32 Å². The van der Waals surface area contributed by atoms with E-state index in [1.807, 2.05) is 19.9 Å². The molecule has 0 rings (SSSR count). The molecule has 0 aliphatic carbocycles. The number of hydrogen-bond donors (Lipinski definition) is 1. The summed E-state index contributed by atoms with van der Waals surface area (Å²) in [5.74, 6) is 0. The Labute approximate surface area is 81.1 Å². The van der Waals surface area contributed by atoms with Gasteiger partial charge in [-0.2, -0.15) is 0 Å². The zero-order valence-electron chi connectivity index (χ0n) is 8.71. The van der Waals surface area contributed by atoms with Crippen LogP contribution in [0.15, 0.2) is 12.7 Å².